The zero-order valence-electron chi connectivity index (χ0n) is 7.98. The third-order valence-electron chi connectivity index (χ3n) is 2.03. The molecule has 1 heterocycles. The van der Waals surface area contributed by atoms with Gasteiger partial charge in [0.2, 0.25) is 0 Å². The highest BCUT2D eigenvalue weighted by molar-refractivity contribution is 7.12. The van der Waals surface area contributed by atoms with Crippen molar-refractivity contribution in [1.82, 2.24) is 0 Å². The van der Waals surface area contributed by atoms with Gasteiger partial charge >= 0.3 is 5.97 Å². The van der Waals surface area contributed by atoms with Crippen molar-refractivity contribution in [2.24, 2.45) is 0 Å². The molecule has 1 aromatic heterocycles. The standard InChI is InChI=1S/C11H7ClO3S/c12-8-1-6(2-9(13)4-8)7-3-10(11(14)15)16-5-7/h1-5,13H,(H,14,15). The third kappa shape index (κ3) is 2.18. The highest BCUT2D eigenvalue weighted by Crippen LogP contribution is 2.30. The van der Waals surface area contributed by atoms with E-state index in [1.807, 2.05) is 0 Å². The molecule has 5 heteroatoms. The molecular weight excluding hydrogens is 248 g/mol. The van der Waals surface area contributed by atoms with Gasteiger partial charge in [0.25, 0.3) is 0 Å². The van der Waals surface area contributed by atoms with Crippen molar-refractivity contribution < 1.29 is 15.0 Å². The lowest BCUT2D eigenvalue weighted by molar-refractivity contribution is 0.0702. The molecule has 0 atom stereocenters. The van der Waals surface area contributed by atoms with Crippen molar-refractivity contribution in [3.05, 3.63) is 39.5 Å². The van der Waals surface area contributed by atoms with Crippen molar-refractivity contribution >= 4 is 28.9 Å². The van der Waals surface area contributed by atoms with Crippen LogP contribution in [0.25, 0.3) is 11.1 Å². The van der Waals surface area contributed by atoms with E-state index < -0.39 is 5.97 Å². The van der Waals surface area contributed by atoms with Gasteiger partial charge in [0, 0.05) is 5.02 Å². The maximum atomic E-state index is 10.7. The SMILES string of the molecule is O=C(O)c1cc(-c2cc(O)cc(Cl)c2)cs1. The van der Waals surface area contributed by atoms with Crippen LogP contribution in [-0.4, -0.2) is 16.2 Å². The summed E-state index contributed by atoms with van der Waals surface area (Å²) < 4.78 is 0. The molecule has 0 amide bonds. The number of phenolic OH excluding ortho intramolecular Hbond substituents is 1. The number of hydrogen-bond donors (Lipinski definition) is 2. The van der Waals surface area contributed by atoms with Gasteiger partial charge in [0.1, 0.15) is 10.6 Å². The Balaban J connectivity index is 2.46. The van der Waals surface area contributed by atoms with E-state index in [0.29, 0.717) is 10.6 Å². The lowest BCUT2D eigenvalue weighted by atomic mass is 10.1. The van der Waals surface area contributed by atoms with Crippen LogP contribution in [0, 0.1) is 0 Å². The van der Waals surface area contributed by atoms with Crippen LogP contribution in [0.3, 0.4) is 0 Å². The molecule has 0 bridgehead atoms. The molecule has 0 saturated carbocycles. The lowest BCUT2D eigenvalue weighted by Gasteiger charge is -2.00. The van der Waals surface area contributed by atoms with Gasteiger partial charge in [0.05, 0.1) is 0 Å². The Morgan fingerprint density at radius 2 is 1.94 bits per heavy atom. The first-order chi connectivity index (χ1) is 7.56. The number of carboxylic acids is 1. The lowest BCUT2D eigenvalue weighted by Crippen LogP contribution is -1.89. The number of aromatic carboxylic acids is 1. The summed E-state index contributed by atoms with van der Waals surface area (Å²) in [5.74, 6) is -0.895. The summed E-state index contributed by atoms with van der Waals surface area (Å²) in [5, 5.41) is 20.3. The predicted molar refractivity (Wildman–Crippen MR) is 63.4 cm³/mol. The fourth-order valence-corrected chi connectivity index (χ4v) is 2.32. The Hall–Kier alpha value is -1.52. The number of hydrogen-bond acceptors (Lipinski definition) is 3. The molecule has 0 aliphatic carbocycles. The molecule has 0 aliphatic heterocycles. The number of carboxylic acid groups (broad SMARTS) is 1. The highest BCUT2D eigenvalue weighted by Gasteiger charge is 2.09. The zero-order valence-corrected chi connectivity index (χ0v) is 9.55. The van der Waals surface area contributed by atoms with Gasteiger partial charge < -0.3 is 10.2 Å². The number of carbonyl (C=O) groups is 1. The summed E-state index contributed by atoms with van der Waals surface area (Å²) in [7, 11) is 0. The number of thiophene rings is 1. The molecule has 0 aliphatic rings. The van der Waals surface area contributed by atoms with Crippen LogP contribution in [0.15, 0.2) is 29.6 Å². The predicted octanol–water partition coefficient (Wildman–Crippen LogP) is 3.47. The fourth-order valence-electron chi connectivity index (χ4n) is 1.34. The zero-order chi connectivity index (χ0) is 11.7. The summed E-state index contributed by atoms with van der Waals surface area (Å²) in [5.41, 5.74) is 1.44. The minimum Gasteiger partial charge on any atom is -0.508 e. The second kappa shape index (κ2) is 4.15. The Morgan fingerprint density at radius 3 is 2.50 bits per heavy atom. The van der Waals surface area contributed by atoms with Crippen molar-refractivity contribution in [3.63, 3.8) is 0 Å². The summed E-state index contributed by atoms with van der Waals surface area (Å²) in [6, 6.07) is 6.20. The van der Waals surface area contributed by atoms with Gasteiger partial charge in [-0.3, -0.25) is 0 Å². The Morgan fingerprint density at radius 1 is 1.19 bits per heavy atom. The maximum Gasteiger partial charge on any atom is 0.345 e. The van der Waals surface area contributed by atoms with Crippen LogP contribution in [0.5, 0.6) is 5.75 Å². The van der Waals surface area contributed by atoms with Gasteiger partial charge in [-0.15, -0.1) is 11.3 Å². The number of benzene rings is 1. The molecule has 16 heavy (non-hydrogen) atoms. The normalized spacial score (nSPS) is 10.3. The molecule has 1 aromatic carbocycles. The van der Waals surface area contributed by atoms with E-state index in [1.54, 1.807) is 23.6 Å². The number of halogens is 1. The Labute approximate surface area is 101 Å². The molecule has 2 aromatic rings. The quantitative estimate of drug-likeness (QED) is 0.863. The minimum atomic E-state index is -0.956. The van der Waals surface area contributed by atoms with Crippen LogP contribution in [0.2, 0.25) is 5.02 Å². The Kier molecular flexibility index (Phi) is 2.85. The molecule has 0 saturated heterocycles. The second-order valence-corrected chi connectivity index (χ2v) is 4.55. The first-order valence-electron chi connectivity index (χ1n) is 4.38. The molecule has 0 fully saturated rings. The van der Waals surface area contributed by atoms with Crippen molar-refractivity contribution in [2.75, 3.05) is 0 Å². The minimum absolute atomic E-state index is 0.0607. The van der Waals surface area contributed by atoms with Crippen LogP contribution < -0.4 is 0 Å². The van der Waals surface area contributed by atoms with Crippen molar-refractivity contribution in [1.29, 1.82) is 0 Å². The maximum absolute atomic E-state index is 10.7. The summed E-state index contributed by atoms with van der Waals surface area (Å²) in [4.78, 5) is 11.0. The molecule has 82 valence electrons. The van der Waals surface area contributed by atoms with E-state index in [-0.39, 0.29) is 10.6 Å². The van der Waals surface area contributed by atoms with E-state index in [2.05, 4.69) is 0 Å². The molecule has 2 rings (SSSR count). The molecule has 2 N–H and O–H groups in total. The van der Waals surface area contributed by atoms with E-state index in [9.17, 15) is 9.90 Å². The van der Waals surface area contributed by atoms with Crippen molar-refractivity contribution in [3.8, 4) is 16.9 Å². The topological polar surface area (TPSA) is 57.5 Å². The second-order valence-electron chi connectivity index (χ2n) is 3.20. The first-order valence-corrected chi connectivity index (χ1v) is 5.64. The monoisotopic (exact) mass is 254 g/mol. The molecule has 3 nitrogen and oxygen atoms in total. The van der Waals surface area contributed by atoms with Gasteiger partial charge in [-0.2, -0.15) is 0 Å². The molecular formula is C11H7ClO3S. The van der Waals surface area contributed by atoms with E-state index in [1.165, 1.54) is 6.07 Å². The van der Waals surface area contributed by atoms with Gasteiger partial charge in [0.15, 0.2) is 0 Å². The summed E-state index contributed by atoms with van der Waals surface area (Å²) in [6.07, 6.45) is 0. The molecule has 0 radical (unpaired) electrons. The van der Waals surface area contributed by atoms with Crippen LogP contribution >= 0.6 is 22.9 Å². The summed E-state index contributed by atoms with van der Waals surface area (Å²) >= 11 is 6.94. The van der Waals surface area contributed by atoms with Gasteiger partial charge in [-0.25, -0.2) is 4.79 Å². The average Bonchev–Trinajstić information content (AvgIpc) is 2.64. The smallest absolute Gasteiger partial charge is 0.345 e. The van der Waals surface area contributed by atoms with Gasteiger partial charge in [-0.1, -0.05) is 11.6 Å². The van der Waals surface area contributed by atoms with E-state index in [0.717, 1.165) is 16.9 Å². The average molecular weight is 255 g/mol. The molecule has 0 spiro atoms. The fraction of sp³-hybridized carbons (Fsp3) is 0. The van der Waals surface area contributed by atoms with E-state index >= 15 is 0 Å². The van der Waals surface area contributed by atoms with E-state index in [4.69, 9.17) is 16.7 Å². The number of aromatic hydroxyl groups is 1. The van der Waals surface area contributed by atoms with Crippen molar-refractivity contribution in [2.45, 2.75) is 0 Å². The molecule has 0 unspecified atom stereocenters. The van der Waals surface area contributed by atoms with Crippen LogP contribution in [-0.2, 0) is 0 Å². The van der Waals surface area contributed by atoms with Gasteiger partial charge in [-0.05, 0) is 40.8 Å². The number of rotatable bonds is 2. The number of phenols is 1. The van der Waals surface area contributed by atoms with Crippen LogP contribution in [0.4, 0.5) is 0 Å². The highest BCUT2D eigenvalue weighted by atomic mass is 35.5. The first kappa shape index (κ1) is 11.0. The largest absolute Gasteiger partial charge is 0.508 e. The Bertz CT molecular complexity index is 528. The summed E-state index contributed by atoms with van der Waals surface area (Å²) in [6.45, 7) is 0. The third-order valence-corrected chi connectivity index (χ3v) is 3.16. The van der Waals surface area contributed by atoms with Crippen LogP contribution in [0.1, 0.15) is 9.67 Å².